The highest BCUT2D eigenvalue weighted by Crippen LogP contribution is 1.72. The van der Waals surface area contributed by atoms with Crippen molar-refractivity contribution >= 4 is 6.34 Å². The lowest BCUT2D eigenvalue weighted by atomic mass is 10.6. The third-order valence-corrected chi connectivity index (χ3v) is 0.538. The Kier molecular flexibility index (Phi) is 0.906. The molecular formula is C4H5N2. The fourth-order valence-corrected chi connectivity index (χ4v) is 0.293. The predicted molar refractivity (Wildman–Crippen MR) is 24.3 cm³/mol. The summed E-state index contributed by atoms with van der Waals surface area (Å²) in [6.45, 7) is 0.771. The van der Waals surface area contributed by atoms with Crippen LogP contribution in [0, 0.1) is 6.20 Å². The zero-order chi connectivity index (χ0) is 4.24. The minimum atomic E-state index is 0.771. The molecule has 0 saturated heterocycles. The van der Waals surface area contributed by atoms with E-state index in [0.717, 1.165) is 6.54 Å². The average molecular weight is 81.1 g/mol. The lowest BCUT2D eigenvalue weighted by molar-refractivity contribution is 1.11. The molecule has 0 fully saturated rings. The first-order chi connectivity index (χ1) is 3.00. The summed E-state index contributed by atoms with van der Waals surface area (Å²) in [7, 11) is 0. The van der Waals surface area contributed by atoms with Crippen LogP contribution in [0.25, 0.3) is 0 Å². The SMILES string of the molecule is [C]1=CCN=CN1. The van der Waals surface area contributed by atoms with Gasteiger partial charge in [0.25, 0.3) is 0 Å². The summed E-state index contributed by atoms with van der Waals surface area (Å²) in [6, 6.07) is 0. The van der Waals surface area contributed by atoms with Crippen molar-refractivity contribution in [3.63, 3.8) is 0 Å². The van der Waals surface area contributed by atoms with Crippen LogP contribution in [0.3, 0.4) is 0 Å². The average Bonchev–Trinajstić information content (AvgIpc) is 1.72. The molecule has 6 heavy (non-hydrogen) atoms. The van der Waals surface area contributed by atoms with E-state index in [9.17, 15) is 0 Å². The molecule has 0 spiro atoms. The Morgan fingerprint density at radius 2 is 2.83 bits per heavy atom. The summed E-state index contributed by atoms with van der Waals surface area (Å²) in [6.07, 6.45) is 6.22. The lowest BCUT2D eigenvalue weighted by Gasteiger charge is -1.90. The molecule has 0 bridgehead atoms. The highest BCUT2D eigenvalue weighted by Gasteiger charge is 1.75. The van der Waals surface area contributed by atoms with Crippen molar-refractivity contribution in [2.75, 3.05) is 6.54 Å². The molecule has 0 aromatic heterocycles. The summed E-state index contributed by atoms with van der Waals surface area (Å²) in [4.78, 5) is 3.82. The van der Waals surface area contributed by atoms with Gasteiger partial charge in [-0.15, -0.1) is 0 Å². The molecule has 0 unspecified atom stereocenters. The lowest BCUT2D eigenvalue weighted by Crippen LogP contribution is -2.05. The fourth-order valence-electron chi connectivity index (χ4n) is 0.293. The molecule has 1 radical (unpaired) electrons. The second kappa shape index (κ2) is 1.60. The van der Waals surface area contributed by atoms with Crippen molar-refractivity contribution in [2.45, 2.75) is 0 Å². The monoisotopic (exact) mass is 81.0 g/mol. The summed E-state index contributed by atoms with van der Waals surface area (Å²) in [5, 5.41) is 2.69. The molecule has 2 heteroatoms. The van der Waals surface area contributed by atoms with Crippen LogP contribution in [-0.4, -0.2) is 12.9 Å². The van der Waals surface area contributed by atoms with E-state index < -0.39 is 0 Å². The van der Waals surface area contributed by atoms with Crippen LogP contribution in [-0.2, 0) is 0 Å². The van der Waals surface area contributed by atoms with E-state index in [0.29, 0.717) is 0 Å². The molecule has 1 rings (SSSR count). The first-order valence-corrected chi connectivity index (χ1v) is 1.81. The smallest absolute Gasteiger partial charge is 0.0872 e. The quantitative estimate of drug-likeness (QED) is 0.434. The second-order valence-electron chi connectivity index (χ2n) is 0.987. The van der Waals surface area contributed by atoms with E-state index in [4.69, 9.17) is 0 Å². The highest BCUT2D eigenvalue weighted by atomic mass is 14.9. The maximum absolute atomic E-state index is 3.82. The maximum atomic E-state index is 3.82. The van der Waals surface area contributed by atoms with E-state index >= 15 is 0 Å². The van der Waals surface area contributed by atoms with Crippen LogP contribution in [0.4, 0.5) is 0 Å². The molecule has 1 aliphatic heterocycles. The van der Waals surface area contributed by atoms with Gasteiger partial charge in [0.1, 0.15) is 0 Å². The van der Waals surface area contributed by atoms with E-state index in [1.165, 1.54) is 0 Å². The van der Waals surface area contributed by atoms with Gasteiger partial charge in [0.15, 0.2) is 0 Å². The van der Waals surface area contributed by atoms with Crippen LogP contribution in [0.5, 0.6) is 0 Å². The van der Waals surface area contributed by atoms with Crippen LogP contribution in [0.1, 0.15) is 0 Å². The molecule has 0 aromatic rings. The van der Waals surface area contributed by atoms with Gasteiger partial charge >= 0.3 is 0 Å². The zero-order valence-electron chi connectivity index (χ0n) is 3.31. The van der Waals surface area contributed by atoms with E-state index in [-0.39, 0.29) is 0 Å². The molecular weight excluding hydrogens is 76.1 g/mol. The number of rotatable bonds is 0. The van der Waals surface area contributed by atoms with Crippen molar-refractivity contribution in [3.05, 3.63) is 12.3 Å². The molecule has 0 saturated carbocycles. The molecule has 31 valence electrons. The Labute approximate surface area is 36.6 Å². The van der Waals surface area contributed by atoms with Crippen molar-refractivity contribution in [2.24, 2.45) is 4.99 Å². The Balaban J connectivity index is 2.40. The van der Waals surface area contributed by atoms with Gasteiger partial charge in [0.2, 0.25) is 0 Å². The van der Waals surface area contributed by atoms with Crippen LogP contribution in [0.2, 0.25) is 0 Å². The zero-order valence-corrected chi connectivity index (χ0v) is 3.31. The van der Waals surface area contributed by atoms with Crippen LogP contribution in [0.15, 0.2) is 11.1 Å². The Hall–Kier alpha value is -0.790. The summed E-state index contributed by atoms with van der Waals surface area (Å²) in [5.74, 6) is 0. The van der Waals surface area contributed by atoms with Gasteiger partial charge < -0.3 is 5.32 Å². The number of nitrogens with one attached hydrogen (secondary N) is 1. The molecule has 0 aliphatic carbocycles. The van der Waals surface area contributed by atoms with Gasteiger partial charge in [-0.25, -0.2) is 0 Å². The number of hydrogen-bond acceptors (Lipinski definition) is 2. The minimum absolute atomic E-state index is 0.771. The van der Waals surface area contributed by atoms with Gasteiger partial charge in [-0.2, -0.15) is 0 Å². The van der Waals surface area contributed by atoms with Gasteiger partial charge in [0, 0.05) is 0 Å². The number of aliphatic imine (C=N–C) groups is 1. The largest absolute Gasteiger partial charge is 0.345 e. The van der Waals surface area contributed by atoms with Crippen LogP contribution < -0.4 is 5.32 Å². The molecule has 0 aromatic carbocycles. The van der Waals surface area contributed by atoms with Crippen molar-refractivity contribution < 1.29 is 0 Å². The van der Waals surface area contributed by atoms with Gasteiger partial charge in [0.05, 0.1) is 19.1 Å². The van der Waals surface area contributed by atoms with Crippen molar-refractivity contribution in [1.29, 1.82) is 0 Å². The van der Waals surface area contributed by atoms with Gasteiger partial charge in [-0.05, 0) is 6.08 Å². The first-order valence-electron chi connectivity index (χ1n) is 1.81. The van der Waals surface area contributed by atoms with E-state index in [1.54, 1.807) is 6.34 Å². The second-order valence-corrected chi connectivity index (χ2v) is 0.987. The molecule has 1 N–H and O–H groups in total. The van der Waals surface area contributed by atoms with Crippen molar-refractivity contribution in [3.8, 4) is 0 Å². The van der Waals surface area contributed by atoms with Gasteiger partial charge in [-0.1, -0.05) is 0 Å². The Morgan fingerprint density at radius 3 is 3.00 bits per heavy atom. The molecule has 1 aliphatic rings. The third-order valence-electron chi connectivity index (χ3n) is 0.538. The van der Waals surface area contributed by atoms with E-state index in [2.05, 4.69) is 16.5 Å². The van der Waals surface area contributed by atoms with Gasteiger partial charge in [-0.3, -0.25) is 4.99 Å². The first kappa shape index (κ1) is 3.40. The molecule has 0 atom stereocenters. The summed E-state index contributed by atoms with van der Waals surface area (Å²) < 4.78 is 0. The Morgan fingerprint density at radius 1 is 1.83 bits per heavy atom. The number of hydrogen-bond donors (Lipinski definition) is 1. The molecule has 2 nitrogen and oxygen atoms in total. The number of nitrogens with zero attached hydrogens (tertiary/aromatic N) is 1. The normalized spacial score (nSPS) is 17.3. The fraction of sp³-hybridized carbons (Fsp3) is 0.250. The summed E-state index contributed by atoms with van der Waals surface area (Å²) in [5.41, 5.74) is 0. The highest BCUT2D eigenvalue weighted by molar-refractivity contribution is 5.56. The predicted octanol–water partition coefficient (Wildman–Crippen LogP) is -0.0652. The maximum Gasteiger partial charge on any atom is 0.0872 e. The minimum Gasteiger partial charge on any atom is -0.345 e. The standard InChI is InChI=1S/C4H5N2/c1-2-5-4-6-3-1/h1,4H,2H2,(H,5,6). The third kappa shape index (κ3) is 0.578. The Bertz CT molecular complexity index is 63.5. The summed E-state index contributed by atoms with van der Waals surface area (Å²) >= 11 is 0. The topological polar surface area (TPSA) is 24.4 Å². The van der Waals surface area contributed by atoms with Crippen LogP contribution >= 0.6 is 0 Å². The van der Waals surface area contributed by atoms with E-state index in [1.807, 2.05) is 6.08 Å². The molecule has 0 amide bonds. The molecule has 1 heterocycles. The van der Waals surface area contributed by atoms with Crippen molar-refractivity contribution in [1.82, 2.24) is 5.32 Å².